The second-order valence-corrected chi connectivity index (χ2v) is 4.85. The fourth-order valence-corrected chi connectivity index (χ4v) is 2.35. The Balaban J connectivity index is 1.66. The number of aromatic nitrogens is 4. The van der Waals surface area contributed by atoms with E-state index in [1.54, 1.807) is 11.0 Å². The average Bonchev–Trinajstić information content (AvgIpc) is 2.94. The topological polar surface area (TPSA) is 64.9 Å². The summed E-state index contributed by atoms with van der Waals surface area (Å²) in [6.07, 6.45) is 4.03. The number of anilines is 1. The molecular weight excluding hydrogens is 242 g/mol. The van der Waals surface area contributed by atoms with E-state index in [9.17, 15) is 0 Å². The number of benzene rings is 1. The summed E-state index contributed by atoms with van der Waals surface area (Å²) in [6, 6.07) is 8.60. The minimum Gasteiger partial charge on any atom is -0.382 e. The SMILES string of the molecule is CC1CC(Nc2ccc(-n3cnnn3)cc2)CCO1. The highest BCUT2D eigenvalue weighted by Gasteiger charge is 2.18. The van der Waals surface area contributed by atoms with Gasteiger partial charge in [-0.2, -0.15) is 0 Å². The molecule has 1 aromatic carbocycles. The van der Waals surface area contributed by atoms with Crippen LogP contribution in [0.3, 0.4) is 0 Å². The molecule has 1 fully saturated rings. The van der Waals surface area contributed by atoms with Gasteiger partial charge in [-0.05, 0) is 54.5 Å². The minimum atomic E-state index is 0.340. The third-order valence-electron chi connectivity index (χ3n) is 3.34. The van der Waals surface area contributed by atoms with Crippen LogP contribution in [0.1, 0.15) is 19.8 Å². The molecule has 1 N–H and O–H groups in total. The van der Waals surface area contributed by atoms with E-state index in [1.807, 2.05) is 12.1 Å². The Morgan fingerprint density at radius 1 is 1.32 bits per heavy atom. The van der Waals surface area contributed by atoms with Crippen LogP contribution in [0.25, 0.3) is 5.69 Å². The Morgan fingerprint density at radius 3 is 2.84 bits per heavy atom. The number of rotatable bonds is 3. The van der Waals surface area contributed by atoms with E-state index in [0.717, 1.165) is 30.8 Å². The Labute approximate surface area is 111 Å². The second-order valence-electron chi connectivity index (χ2n) is 4.85. The fourth-order valence-electron chi connectivity index (χ4n) is 2.35. The van der Waals surface area contributed by atoms with Gasteiger partial charge in [-0.15, -0.1) is 5.10 Å². The third-order valence-corrected chi connectivity index (χ3v) is 3.34. The molecule has 6 heteroatoms. The molecule has 1 aliphatic rings. The van der Waals surface area contributed by atoms with E-state index in [-0.39, 0.29) is 0 Å². The highest BCUT2D eigenvalue weighted by atomic mass is 16.5. The van der Waals surface area contributed by atoms with Crippen LogP contribution in [0.15, 0.2) is 30.6 Å². The molecule has 6 nitrogen and oxygen atoms in total. The van der Waals surface area contributed by atoms with Gasteiger partial charge < -0.3 is 10.1 Å². The Morgan fingerprint density at radius 2 is 2.16 bits per heavy atom. The molecule has 2 heterocycles. The van der Waals surface area contributed by atoms with Gasteiger partial charge in [0, 0.05) is 18.3 Å². The standard InChI is InChI=1S/C13H17N5O/c1-10-8-12(6-7-19-10)15-11-2-4-13(5-3-11)18-9-14-16-17-18/h2-5,9-10,12,15H,6-8H2,1H3. The number of hydrogen-bond donors (Lipinski definition) is 1. The van der Waals surface area contributed by atoms with Crippen molar-refractivity contribution in [1.29, 1.82) is 0 Å². The summed E-state index contributed by atoms with van der Waals surface area (Å²) in [4.78, 5) is 0. The van der Waals surface area contributed by atoms with E-state index in [2.05, 4.69) is 39.9 Å². The van der Waals surface area contributed by atoms with Gasteiger partial charge in [0.25, 0.3) is 0 Å². The third kappa shape index (κ3) is 2.90. The summed E-state index contributed by atoms with van der Waals surface area (Å²) in [5.41, 5.74) is 2.08. The van der Waals surface area contributed by atoms with Gasteiger partial charge in [-0.25, -0.2) is 4.68 Å². The highest BCUT2D eigenvalue weighted by Crippen LogP contribution is 2.19. The molecule has 0 saturated carbocycles. The largest absolute Gasteiger partial charge is 0.382 e. The number of tetrazole rings is 1. The van der Waals surface area contributed by atoms with Crippen molar-refractivity contribution in [3.05, 3.63) is 30.6 Å². The van der Waals surface area contributed by atoms with Gasteiger partial charge in [-0.1, -0.05) is 0 Å². The predicted octanol–water partition coefficient (Wildman–Crippen LogP) is 1.64. The van der Waals surface area contributed by atoms with E-state index >= 15 is 0 Å². The fraction of sp³-hybridized carbons (Fsp3) is 0.462. The van der Waals surface area contributed by atoms with Gasteiger partial charge in [0.1, 0.15) is 6.33 Å². The molecule has 0 bridgehead atoms. The van der Waals surface area contributed by atoms with Crippen molar-refractivity contribution in [2.75, 3.05) is 11.9 Å². The molecule has 1 aromatic heterocycles. The van der Waals surface area contributed by atoms with Crippen molar-refractivity contribution < 1.29 is 4.74 Å². The van der Waals surface area contributed by atoms with Crippen molar-refractivity contribution in [2.24, 2.45) is 0 Å². The van der Waals surface area contributed by atoms with Crippen LogP contribution in [0.5, 0.6) is 0 Å². The molecule has 1 saturated heterocycles. The van der Waals surface area contributed by atoms with Gasteiger partial charge in [0.15, 0.2) is 0 Å². The summed E-state index contributed by atoms with van der Waals surface area (Å²) in [7, 11) is 0. The van der Waals surface area contributed by atoms with Crippen LogP contribution in [0.4, 0.5) is 5.69 Å². The van der Waals surface area contributed by atoms with Crippen LogP contribution >= 0.6 is 0 Å². The van der Waals surface area contributed by atoms with E-state index in [1.165, 1.54) is 0 Å². The lowest BCUT2D eigenvalue weighted by atomic mass is 10.0. The summed E-state index contributed by atoms with van der Waals surface area (Å²) < 4.78 is 7.19. The Hall–Kier alpha value is -1.95. The zero-order valence-corrected chi connectivity index (χ0v) is 10.9. The van der Waals surface area contributed by atoms with Crippen LogP contribution in [0, 0.1) is 0 Å². The first kappa shape index (κ1) is 12.1. The molecule has 100 valence electrons. The lowest BCUT2D eigenvalue weighted by Gasteiger charge is -2.28. The maximum absolute atomic E-state index is 5.55. The molecule has 0 aliphatic carbocycles. The van der Waals surface area contributed by atoms with Crippen LogP contribution in [0.2, 0.25) is 0 Å². The summed E-state index contributed by atoms with van der Waals surface area (Å²) in [6.45, 7) is 2.95. The molecule has 2 unspecified atom stereocenters. The predicted molar refractivity (Wildman–Crippen MR) is 71.2 cm³/mol. The first-order chi connectivity index (χ1) is 9.31. The van der Waals surface area contributed by atoms with Gasteiger partial charge in [0.2, 0.25) is 0 Å². The molecule has 19 heavy (non-hydrogen) atoms. The molecular formula is C13H17N5O. The first-order valence-corrected chi connectivity index (χ1v) is 6.53. The van der Waals surface area contributed by atoms with Gasteiger partial charge in [0.05, 0.1) is 11.8 Å². The molecule has 0 radical (unpaired) electrons. The van der Waals surface area contributed by atoms with E-state index in [4.69, 9.17) is 4.74 Å². The maximum Gasteiger partial charge on any atom is 0.143 e. The molecule has 2 aromatic rings. The lowest BCUT2D eigenvalue weighted by molar-refractivity contribution is 0.0232. The van der Waals surface area contributed by atoms with Crippen molar-refractivity contribution >= 4 is 5.69 Å². The quantitative estimate of drug-likeness (QED) is 0.907. The zero-order valence-electron chi connectivity index (χ0n) is 10.9. The Bertz CT molecular complexity index is 510. The summed E-state index contributed by atoms with van der Waals surface area (Å²) in [5.74, 6) is 0. The summed E-state index contributed by atoms with van der Waals surface area (Å²) >= 11 is 0. The molecule has 3 rings (SSSR count). The first-order valence-electron chi connectivity index (χ1n) is 6.53. The maximum atomic E-state index is 5.55. The lowest BCUT2D eigenvalue weighted by Crippen LogP contribution is -2.32. The van der Waals surface area contributed by atoms with Crippen LogP contribution < -0.4 is 5.32 Å². The summed E-state index contributed by atoms with van der Waals surface area (Å²) in [5, 5.41) is 14.7. The smallest absolute Gasteiger partial charge is 0.143 e. The van der Waals surface area contributed by atoms with Crippen molar-refractivity contribution in [3.8, 4) is 5.69 Å². The second kappa shape index (κ2) is 5.36. The molecule has 0 amide bonds. The molecule has 0 spiro atoms. The van der Waals surface area contributed by atoms with Gasteiger partial charge in [-0.3, -0.25) is 0 Å². The van der Waals surface area contributed by atoms with Crippen molar-refractivity contribution in [2.45, 2.75) is 31.9 Å². The van der Waals surface area contributed by atoms with Crippen LogP contribution in [-0.4, -0.2) is 39.0 Å². The van der Waals surface area contributed by atoms with Crippen molar-refractivity contribution in [3.63, 3.8) is 0 Å². The molecule has 2 atom stereocenters. The average molecular weight is 259 g/mol. The van der Waals surface area contributed by atoms with E-state index in [0.29, 0.717) is 12.1 Å². The number of hydrogen-bond acceptors (Lipinski definition) is 5. The van der Waals surface area contributed by atoms with Gasteiger partial charge >= 0.3 is 0 Å². The van der Waals surface area contributed by atoms with E-state index < -0.39 is 0 Å². The van der Waals surface area contributed by atoms with Crippen LogP contribution in [-0.2, 0) is 4.74 Å². The minimum absolute atomic E-state index is 0.340. The highest BCUT2D eigenvalue weighted by molar-refractivity contribution is 5.49. The number of ether oxygens (including phenoxy) is 1. The number of nitrogens with zero attached hydrogens (tertiary/aromatic N) is 4. The molecule has 1 aliphatic heterocycles. The normalized spacial score (nSPS) is 23.2. The monoisotopic (exact) mass is 259 g/mol. The number of nitrogens with one attached hydrogen (secondary N) is 1. The van der Waals surface area contributed by atoms with Crippen molar-refractivity contribution in [1.82, 2.24) is 20.2 Å². The Kier molecular flexibility index (Phi) is 3.41. The zero-order chi connectivity index (χ0) is 13.1.